The smallest absolute Gasteiger partial charge is 0.234 e. The van der Waals surface area contributed by atoms with E-state index in [0.717, 1.165) is 21.4 Å². The van der Waals surface area contributed by atoms with Crippen LogP contribution in [-0.2, 0) is 11.2 Å². The molecule has 2 aromatic carbocycles. The summed E-state index contributed by atoms with van der Waals surface area (Å²) in [6.07, 6.45) is 0.968. The van der Waals surface area contributed by atoms with Gasteiger partial charge in [-0.3, -0.25) is 4.79 Å². The van der Waals surface area contributed by atoms with Crippen LogP contribution in [0.25, 0.3) is 0 Å². The number of aryl methyl sites for hydroxylation is 1. The summed E-state index contributed by atoms with van der Waals surface area (Å²) in [5, 5.41) is 12.2. The molecule has 0 aromatic heterocycles. The number of hydrogen-bond donors (Lipinski definition) is 2. The van der Waals surface area contributed by atoms with E-state index >= 15 is 0 Å². The number of amides is 1. The van der Waals surface area contributed by atoms with Crippen molar-refractivity contribution in [1.29, 1.82) is 0 Å². The predicted molar refractivity (Wildman–Crippen MR) is 96.9 cm³/mol. The number of rotatable bonds is 6. The van der Waals surface area contributed by atoms with Crippen LogP contribution in [0.3, 0.4) is 0 Å². The van der Waals surface area contributed by atoms with Gasteiger partial charge in [-0.25, -0.2) is 0 Å². The van der Waals surface area contributed by atoms with Gasteiger partial charge in [0.1, 0.15) is 5.75 Å². The van der Waals surface area contributed by atoms with Crippen LogP contribution < -0.4 is 5.32 Å². The molecule has 0 atom stereocenters. The van der Waals surface area contributed by atoms with Crippen molar-refractivity contribution in [2.75, 3.05) is 16.8 Å². The van der Waals surface area contributed by atoms with Crippen LogP contribution in [0.1, 0.15) is 5.56 Å². The molecule has 0 radical (unpaired) electrons. The summed E-state index contributed by atoms with van der Waals surface area (Å²) in [4.78, 5) is 11.9. The summed E-state index contributed by atoms with van der Waals surface area (Å²) in [5.41, 5.74) is 2.03. The van der Waals surface area contributed by atoms with E-state index in [9.17, 15) is 9.90 Å². The van der Waals surface area contributed by atoms with Gasteiger partial charge >= 0.3 is 0 Å². The number of phenolic OH excluding ortho intramolecular Hbond substituents is 1. The molecular formula is C16H16INO2S. The molecule has 5 heteroatoms. The molecule has 0 spiro atoms. The maximum atomic E-state index is 11.9. The number of carbonyl (C=O) groups excluding carboxylic acids is 1. The van der Waals surface area contributed by atoms with Crippen molar-refractivity contribution in [2.45, 2.75) is 6.42 Å². The van der Waals surface area contributed by atoms with Crippen LogP contribution >= 0.6 is 34.4 Å². The van der Waals surface area contributed by atoms with E-state index in [1.807, 2.05) is 18.2 Å². The fourth-order valence-corrected chi connectivity index (χ4v) is 3.21. The number of hydrogen-bond acceptors (Lipinski definition) is 3. The first kappa shape index (κ1) is 16.2. The lowest BCUT2D eigenvalue weighted by molar-refractivity contribution is -0.113. The van der Waals surface area contributed by atoms with Gasteiger partial charge in [-0.2, -0.15) is 11.8 Å². The fraction of sp³-hybridized carbons (Fsp3) is 0.188. The molecule has 2 aromatic rings. The van der Waals surface area contributed by atoms with Crippen molar-refractivity contribution in [3.05, 3.63) is 57.7 Å². The molecule has 0 aliphatic heterocycles. The predicted octanol–water partition coefficient (Wildman–Crippen LogP) is 3.91. The number of benzene rings is 2. The number of carbonyl (C=O) groups is 1. The Balaban J connectivity index is 1.72. The van der Waals surface area contributed by atoms with Gasteiger partial charge in [0, 0.05) is 3.57 Å². The highest BCUT2D eigenvalue weighted by Crippen LogP contribution is 2.23. The topological polar surface area (TPSA) is 49.3 Å². The molecule has 0 fully saturated rings. The summed E-state index contributed by atoms with van der Waals surface area (Å²) in [6.45, 7) is 0. The van der Waals surface area contributed by atoms with Crippen molar-refractivity contribution in [3.63, 3.8) is 0 Å². The Kier molecular flexibility index (Phi) is 6.38. The highest BCUT2D eigenvalue weighted by atomic mass is 127. The number of thioether (sulfide) groups is 1. The Morgan fingerprint density at radius 1 is 1.19 bits per heavy atom. The lowest BCUT2D eigenvalue weighted by Crippen LogP contribution is -2.15. The van der Waals surface area contributed by atoms with Crippen molar-refractivity contribution >= 4 is 45.9 Å². The SMILES string of the molecule is O=C(CSCCc1ccccc1)Nc1ccc(O)cc1I. The molecule has 3 nitrogen and oxygen atoms in total. The number of halogens is 1. The average Bonchev–Trinajstić information content (AvgIpc) is 2.48. The lowest BCUT2D eigenvalue weighted by atomic mass is 10.2. The standard InChI is InChI=1S/C16H16INO2S/c17-14-10-13(19)6-7-15(14)18-16(20)11-21-9-8-12-4-2-1-3-5-12/h1-7,10,19H,8-9,11H2,(H,18,20). The van der Waals surface area contributed by atoms with Gasteiger partial charge in [-0.1, -0.05) is 30.3 Å². The summed E-state index contributed by atoms with van der Waals surface area (Å²) in [6, 6.07) is 15.2. The van der Waals surface area contributed by atoms with Crippen LogP contribution in [-0.4, -0.2) is 22.5 Å². The van der Waals surface area contributed by atoms with Crippen LogP contribution in [0.15, 0.2) is 48.5 Å². The second kappa shape index (κ2) is 8.29. The van der Waals surface area contributed by atoms with E-state index in [2.05, 4.69) is 40.0 Å². The zero-order valence-electron chi connectivity index (χ0n) is 11.4. The van der Waals surface area contributed by atoms with Crippen molar-refractivity contribution in [2.24, 2.45) is 0 Å². The second-order valence-electron chi connectivity index (χ2n) is 4.50. The van der Waals surface area contributed by atoms with Crippen LogP contribution in [0.5, 0.6) is 5.75 Å². The summed E-state index contributed by atoms with van der Waals surface area (Å²) < 4.78 is 0.829. The fourth-order valence-electron chi connectivity index (χ4n) is 1.79. The molecule has 0 saturated carbocycles. The first-order valence-electron chi connectivity index (χ1n) is 6.55. The third kappa shape index (κ3) is 5.59. The minimum Gasteiger partial charge on any atom is -0.508 e. The molecule has 2 rings (SSSR count). The Bertz CT molecular complexity index is 604. The number of nitrogens with one attached hydrogen (secondary N) is 1. The zero-order valence-corrected chi connectivity index (χ0v) is 14.4. The summed E-state index contributed by atoms with van der Waals surface area (Å²) in [7, 11) is 0. The Morgan fingerprint density at radius 2 is 1.95 bits per heavy atom. The average molecular weight is 413 g/mol. The largest absolute Gasteiger partial charge is 0.508 e. The van der Waals surface area contributed by atoms with Gasteiger partial charge in [0.25, 0.3) is 0 Å². The van der Waals surface area contributed by atoms with E-state index in [0.29, 0.717) is 5.75 Å². The highest BCUT2D eigenvalue weighted by molar-refractivity contribution is 14.1. The van der Waals surface area contributed by atoms with Gasteiger partial charge < -0.3 is 10.4 Å². The molecule has 0 heterocycles. The van der Waals surface area contributed by atoms with Gasteiger partial charge in [0.2, 0.25) is 5.91 Å². The third-order valence-corrected chi connectivity index (χ3v) is 4.69. The van der Waals surface area contributed by atoms with E-state index < -0.39 is 0 Å². The zero-order chi connectivity index (χ0) is 15.1. The minimum absolute atomic E-state index is 0.0170. The Labute approximate surface area is 142 Å². The molecule has 0 aliphatic carbocycles. The quantitative estimate of drug-likeness (QED) is 0.429. The monoisotopic (exact) mass is 413 g/mol. The molecule has 110 valence electrons. The van der Waals surface area contributed by atoms with Crippen molar-refractivity contribution in [3.8, 4) is 5.75 Å². The van der Waals surface area contributed by atoms with Crippen LogP contribution in [0, 0.1) is 3.57 Å². The molecular weight excluding hydrogens is 397 g/mol. The van der Waals surface area contributed by atoms with E-state index in [1.54, 1.807) is 30.0 Å². The van der Waals surface area contributed by atoms with Gasteiger partial charge in [-0.15, -0.1) is 0 Å². The molecule has 21 heavy (non-hydrogen) atoms. The Hall–Kier alpha value is -1.21. The molecule has 1 amide bonds. The summed E-state index contributed by atoms with van der Waals surface area (Å²) in [5.74, 6) is 1.54. The van der Waals surface area contributed by atoms with Crippen LogP contribution in [0.4, 0.5) is 5.69 Å². The van der Waals surface area contributed by atoms with Crippen molar-refractivity contribution in [1.82, 2.24) is 0 Å². The number of phenols is 1. The lowest BCUT2D eigenvalue weighted by Gasteiger charge is -2.07. The van der Waals surface area contributed by atoms with Gasteiger partial charge in [0.15, 0.2) is 0 Å². The highest BCUT2D eigenvalue weighted by Gasteiger charge is 2.06. The molecule has 0 unspecified atom stereocenters. The number of anilines is 1. The van der Waals surface area contributed by atoms with Gasteiger partial charge in [-0.05, 0) is 58.5 Å². The normalized spacial score (nSPS) is 10.3. The maximum Gasteiger partial charge on any atom is 0.234 e. The molecule has 2 N–H and O–H groups in total. The first-order valence-corrected chi connectivity index (χ1v) is 8.78. The van der Waals surface area contributed by atoms with Gasteiger partial charge in [0.05, 0.1) is 11.4 Å². The molecule has 0 bridgehead atoms. The summed E-state index contributed by atoms with van der Waals surface area (Å²) >= 11 is 3.71. The number of aromatic hydroxyl groups is 1. The first-order chi connectivity index (χ1) is 10.1. The third-order valence-electron chi connectivity index (χ3n) is 2.84. The van der Waals surface area contributed by atoms with Crippen LogP contribution in [0.2, 0.25) is 0 Å². The molecule has 0 aliphatic rings. The van der Waals surface area contributed by atoms with E-state index in [1.165, 1.54) is 5.56 Å². The van der Waals surface area contributed by atoms with E-state index in [4.69, 9.17) is 0 Å². The Morgan fingerprint density at radius 3 is 2.67 bits per heavy atom. The maximum absolute atomic E-state index is 11.9. The van der Waals surface area contributed by atoms with E-state index in [-0.39, 0.29) is 11.7 Å². The van der Waals surface area contributed by atoms with Crippen molar-refractivity contribution < 1.29 is 9.90 Å². The second-order valence-corrected chi connectivity index (χ2v) is 6.77. The minimum atomic E-state index is -0.0170. The molecule has 0 saturated heterocycles.